The lowest BCUT2D eigenvalue weighted by Crippen LogP contribution is -2.23. The van der Waals surface area contributed by atoms with Crippen LogP contribution in [-0.4, -0.2) is 30.4 Å². The molecule has 0 saturated carbocycles. The lowest BCUT2D eigenvalue weighted by molar-refractivity contribution is 0.0950. The van der Waals surface area contributed by atoms with E-state index in [-0.39, 0.29) is 18.0 Å². The van der Waals surface area contributed by atoms with Gasteiger partial charge in [0, 0.05) is 30.9 Å². The Bertz CT molecular complexity index is 784. The van der Waals surface area contributed by atoms with E-state index in [1.165, 1.54) is 18.9 Å². The van der Waals surface area contributed by atoms with Crippen LogP contribution in [0.2, 0.25) is 0 Å². The highest BCUT2D eigenvalue weighted by molar-refractivity contribution is 5.94. The zero-order chi connectivity index (χ0) is 17.8. The van der Waals surface area contributed by atoms with Crippen LogP contribution in [0.5, 0.6) is 5.75 Å². The topological polar surface area (TPSA) is 69.6 Å². The monoisotopic (exact) mass is 342 g/mol. The molecule has 1 fully saturated rings. The summed E-state index contributed by atoms with van der Waals surface area (Å²) in [5.74, 6) is -1.85. The predicted octanol–water partition coefficient (Wildman–Crippen LogP) is 2.87. The van der Waals surface area contributed by atoms with Crippen molar-refractivity contribution in [1.82, 2.24) is 5.32 Å². The molecule has 0 bridgehead atoms. The fraction of sp³-hybridized carbons (Fsp3) is 0.263. The van der Waals surface area contributed by atoms with Gasteiger partial charge in [-0.3, -0.25) is 9.59 Å². The number of carbonyl (C=O) groups is 2. The molecule has 3 rings (SSSR count). The minimum absolute atomic E-state index is 0.0603. The highest BCUT2D eigenvalue weighted by Gasteiger charge is 2.14. The van der Waals surface area contributed by atoms with Crippen molar-refractivity contribution < 1.29 is 19.1 Å². The Kier molecular flexibility index (Phi) is 4.97. The van der Waals surface area contributed by atoms with Gasteiger partial charge in [0.05, 0.1) is 5.56 Å². The number of rotatable bonds is 5. The summed E-state index contributed by atoms with van der Waals surface area (Å²) < 4.78 is 13.5. The lowest BCUT2D eigenvalue weighted by atomic mass is 10.1. The van der Waals surface area contributed by atoms with Crippen LogP contribution in [-0.2, 0) is 6.54 Å². The summed E-state index contributed by atoms with van der Waals surface area (Å²) in [6.07, 6.45) is 2.75. The van der Waals surface area contributed by atoms with E-state index < -0.39 is 11.6 Å². The molecule has 0 aromatic heterocycles. The van der Waals surface area contributed by atoms with Crippen molar-refractivity contribution >= 4 is 17.9 Å². The first-order valence-corrected chi connectivity index (χ1v) is 8.18. The van der Waals surface area contributed by atoms with Gasteiger partial charge in [-0.25, -0.2) is 4.39 Å². The summed E-state index contributed by atoms with van der Waals surface area (Å²) in [7, 11) is 0. The van der Waals surface area contributed by atoms with Gasteiger partial charge in [0.2, 0.25) is 0 Å². The van der Waals surface area contributed by atoms with Crippen molar-refractivity contribution in [3.63, 3.8) is 0 Å². The number of benzene rings is 2. The van der Waals surface area contributed by atoms with E-state index in [2.05, 4.69) is 10.2 Å². The number of hydrogen-bond donors (Lipinski definition) is 2. The van der Waals surface area contributed by atoms with Crippen LogP contribution in [0.1, 0.15) is 39.1 Å². The van der Waals surface area contributed by atoms with Gasteiger partial charge in [0.25, 0.3) is 5.91 Å². The fourth-order valence-electron chi connectivity index (χ4n) is 2.95. The van der Waals surface area contributed by atoms with E-state index >= 15 is 0 Å². The molecule has 0 unspecified atom stereocenters. The van der Waals surface area contributed by atoms with E-state index in [9.17, 15) is 19.1 Å². The number of carbonyl (C=O) groups excluding carboxylic acids is 2. The van der Waals surface area contributed by atoms with Gasteiger partial charge in [-0.2, -0.15) is 0 Å². The second-order valence-corrected chi connectivity index (χ2v) is 6.06. The first-order valence-electron chi connectivity index (χ1n) is 8.18. The molecule has 6 heteroatoms. The number of halogens is 1. The molecular weight excluding hydrogens is 323 g/mol. The quantitative estimate of drug-likeness (QED) is 0.820. The molecule has 2 aromatic carbocycles. The molecule has 2 aromatic rings. The SMILES string of the molecule is O=Cc1cc(CNC(=O)c2ccc(N3CCCC3)cc2)cc(F)c1O. The molecule has 2 N–H and O–H groups in total. The van der Waals surface area contributed by atoms with Gasteiger partial charge in [-0.15, -0.1) is 0 Å². The first-order chi connectivity index (χ1) is 12.1. The number of aldehydes is 1. The van der Waals surface area contributed by atoms with Gasteiger partial charge in [0.1, 0.15) is 0 Å². The number of anilines is 1. The Morgan fingerprint density at radius 2 is 1.88 bits per heavy atom. The molecule has 1 heterocycles. The second-order valence-electron chi connectivity index (χ2n) is 6.06. The molecule has 1 amide bonds. The smallest absolute Gasteiger partial charge is 0.251 e. The number of nitrogens with zero attached hydrogens (tertiary/aromatic N) is 1. The summed E-state index contributed by atoms with van der Waals surface area (Å²) in [6.45, 7) is 2.14. The molecule has 1 aliphatic rings. The summed E-state index contributed by atoms with van der Waals surface area (Å²) in [5, 5.41) is 12.1. The Morgan fingerprint density at radius 1 is 1.20 bits per heavy atom. The third-order valence-corrected chi connectivity index (χ3v) is 4.33. The van der Waals surface area contributed by atoms with Crippen LogP contribution < -0.4 is 10.2 Å². The normalized spacial score (nSPS) is 13.7. The molecule has 1 saturated heterocycles. The molecule has 5 nitrogen and oxygen atoms in total. The number of phenols is 1. The average molecular weight is 342 g/mol. The number of amides is 1. The molecule has 0 aliphatic carbocycles. The van der Waals surface area contributed by atoms with Crippen LogP contribution in [0, 0.1) is 5.82 Å². The van der Waals surface area contributed by atoms with E-state index in [1.54, 1.807) is 12.1 Å². The van der Waals surface area contributed by atoms with Crippen LogP contribution in [0.25, 0.3) is 0 Å². The predicted molar refractivity (Wildman–Crippen MR) is 92.5 cm³/mol. The van der Waals surface area contributed by atoms with Crippen molar-refractivity contribution in [3.8, 4) is 5.75 Å². The van der Waals surface area contributed by atoms with Gasteiger partial charge in [-0.1, -0.05) is 0 Å². The zero-order valence-electron chi connectivity index (χ0n) is 13.7. The summed E-state index contributed by atoms with van der Waals surface area (Å²) >= 11 is 0. The van der Waals surface area contributed by atoms with Crippen molar-refractivity contribution in [2.75, 3.05) is 18.0 Å². The second kappa shape index (κ2) is 7.34. The van der Waals surface area contributed by atoms with Crippen LogP contribution in [0.15, 0.2) is 36.4 Å². The molecule has 130 valence electrons. The van der Waals surface area contributed by atoms with Crippen molar-refractivity contribution in [1.29, 1.82) is 0 Å². The van der Waals surface area contributed by atoms with Gasteiger partial charge < -0.3 is 15.3 Å². The first kappa shape index (κ1) is 17.0. The summed E-state index contributed by atoms with van der Waals surface area (Å²) in [6, 6.07) is 9.81. The Hall–Kier alpha value is -2.89. The zero-order valence-corrected chi connectivity index (χ0v) is 13.7. The van der Waals surface area contributed by atoms with Gasteiger partial charge in [0.15, 0.2) is 17.9 Å². The third kappa shape index (κ3) is 3.79. The number of hydrogen-bond acceptors (Lipinski definition) is 4. The Morgan fingerprint density at radius 3 is 2.52 bits per heavy atom. The molecule has 25 heavy (non-hydrogen) atoms. The average Bonchev–Trinajstić information content (AvgIpc) is 3.17. The largest absolute Gasteiger partial charge is 0.504 e. The maximum Gasteiger partial charge on any atom is 0.251 e. The maximum absolute atomic E-state index is 13.5. The summed E-state index contributed by atoms with van der Waals surface area (Å²) in [5.41, 5.74) is 1.88. The molecule has 0 atom stereocenters. The number of nitrogens with one attached hydrogen (secondary N) is 1. The minimum atomic E-state index is -0.885. The van der Waals surface area contributed by atoms with E-state index in [0.29, 0.717) is 17.4 Å². The van der Waals surface area contributed by atoms with Crippen LogP contribution in [0.4, 0.5) is 10.1 Å². The van der Waals surface area contributed by atoms with E-state index in [4.69, 9.17) is 0 Å². The Labute approximate surface area is 145 Å². The molecule has 0 spiro atoms. The molecule has 1 aliphatic heterocycles. The van der Waals surface area contributed by atoms with Crippen LogP contribution in [0.3, 0.4) is 0 Å². The minimum Gasteiger partial charge on any atom is -0.504 e. The molecular formula is C19H19FN2O3. The maximum atomic E-state index is 13.5. The summed E-state index contributed by atoms with van der Waals surface area (Å²) in [4.78, 5) is 25.3. The lowest BCUT2D eigenvalue weighted by Gasteiger charge is -2.17. The highest BCUT2D eigenvalue weighted by atomic mass is 19.1. The van der Waals surface area contributed by atoms with E-state index in [0.717, 1.165) is 24.8 Å². The van der Waals surface area contributed by atoms with Gasteiger partial charge in [-0.05, 0) is 54.8 Å². The van der Waals surface area contributed by atoms with Gasteiger partial charge >= 0.3 is 0 Å². The van der Waals surface area contributed by atoms with Crippen molar-refractivity contribution in [2.24, 2.45) is 0 Å². The highest BCUT2D eigenvalue weighted by Crippen LogP contribution is 2.22. The van der Waals surface area contributed by atoms with Crippen molar-refractivity contribution in [3.05, 3.63) is 58.9 Å². The standard InChI is InChI=1S/C19H19FN2O3/c20-17-10-13(9-15(12-23)18(17)24)11-21-19(25)14-3-5-16(6-4-14)22-7-1-2-8-22/h3-6,9-10,12,24H,1-2,7-8,11H2,(H,21,25). The van der Waals surface area contributed by atoms with Crippen LogP contribution >= 0.6 is 0 Å². The number of phenolic OH excluding ortho intramolecular Hbond substituents is 1. The fourth-order valence-corrected chi connectivity index (χ4v) is 2.95. The van der Waals surface area contributed by atoms with Crippen molar-refractivity contribution in [2.45, 2.75) is 19.4 Å². The molecule has 0 radical (unpaired) electrons. The van der Waals surface area contributed by atoms with E-state index in [1.807, 2.05) is 12.1 Å². The third-order valence-electron chi connectivity index (χ3n) is 4.33. The Balaban J connectivity index is 1.64. The number of aromatic hydroxyl groups is 1.